The van der Waals surface area contributed by atoms with E-state index in [0.29, 0.717) is 5.56 Å². The summed E-state index contributed by atoms with van der Waals surface area (Å²) in [7, 11) is 0. The molecule has 0 fully saturated rings. The van der Waals surface area contributed by atoms with Crippen molar-refractivity contribution in [2.75, 3.05) is 0 Å². The van der Waals surface area contributed by atoms with Gasteiger partial charge in [-0.2, -0.15) is 0 Å². The van der Waals surface area contributed by atoms with Crippen LogP contribution in [-0.4, -0.2) is 4.98 Å². The number of hydrogen-bond donors (Lipinski definition) is 0. The third-order valence-corrected chi connectivity index (χ3v) is 1.17. The molecule has 0 unspecified atom stereocenters. The van der Waals surface area contributed by atoms with Gasteiger partial charge in [0.05, 0.1) is 0 Å². The molecule has 0 bridgehead atoms. The molecule has 0 aliphatic heterocycles. The fraction of sp³-hybridized carbons (Fsp3) is 0.143. The average molecular weight is 136 g/mol. The van der Waals surface area contributed by atoms with Crippen LogP contribution in [0.4, 0.5) is 10.2 Å². The SMILES string of the molecule is [C-]#[N+]c1nccc(C)c1F. The van der Waals surface area contributed by atoms with Crippen LogP contribution in [0.1, 0.15) is 5.56 Å². The summed E-state index contributed by atoms with van der Waals surface area (Å²) >= 11 is 0. The largest absolute Gasteiger partial charge is 0.358 e. The molecule has 0 amide bonds. The van der Waals surface area contributed by atoms with Crippen LogP contribution >= 0.6 is 0 Å². The first kappa shape index (κ1) is 6.69. The topological polar surface area (TPSA) is 17.2 Å². The molecule has 1 heterocycles. The van der Waals surface area contributed by atoms with E-state index in [-0.39, 0.29) is 5.82 Å². The van der Waals surface area contributed by atoms with Gasteiger partial charge in [0.15, 0.2) is 5.82 Å². The molecule has 0 spiro atoms. The molecule has 2 nitrogen and oxygen atoms in total. The summed E-state index contributed by atoms with van der Waals surface area (Å²) in [6.07, 6.45) is 1.42. The molecule has 1 rings (SSSR count). The van der Waals surface area contributed by atoms with Crippen LogP contribution in [0.25, 0.3) is 4.85 Å². The minimum absolute atomic E-state index is 0.153. The molecule has 50 valence electrons. The maximum absolute atomic E-state index is 12.7. The molecule has 0 saturated heterocycles. The number of nitrogens with zero attached hydrogens (tertiary/aromatic N) is 2. The van der Waals surface area contributed by atoms with Gasteiger partial charge >= 0.3 is 5.82 Å². The fourth-order valence-electron chi connectivity index (χ4n) is 0.604. The highest BCUT2D eigenvalue weighted by Gasteiger charge is 2.04. The lowest BCUT2D eigenvalue weighted by atomic mass is 10.3. The molecule has 0 aromatic carbocycles. The van der Waals surface area contributed by atoms with Crippen molar-refractivity contribution in [2.24, 2.45) is 0 Å². The van der Waals surface area contributed by atoms with Crippen LogP contribution in [0.2, 0.25) is 0 Å². The molecule has 1 aromatic heterocycles. The van der Waals surface area contributed by atoms with Crippen molar-refractivity contribution in [1.29, 1.82) is 0 Å². The summed E-state index contributed by atoms with van der Waals surface area (Å²) in [6.45, 7) is 8.11. The van der Waals surface area contributed by atoms with Gasteiger partial charge < -0.3 is 4.85 Å². The second-order valence-corrected chi connectivity index (χ2v) is 1.88. The van der Waals surface area contributed by atoms with E-state index in [2.05, 4.69) is 9.83 Å². The predicted molar refractivity (Wildman–Crippen MR) is 35.2 cm³/mol. The van der Waals surface area contributed by atoms with Gasteiger partial charge in [-0.3, -0.25) is 0 Å². The molecule has 0 atom stereocenters. The van der Waals surface area contributed by atoms with E-state index in [0.717, 1.165) is 0 Å². The van der Waals surface area contributed by atoms with E-state index in [1.165, 1.54) is 12.3 Å². The monoisotopic (exact) mass is 136 g/mol. The zero-order valence-electron chi connectivity index (χ0n) is 5.43. The van der Waals surface area contributed by atoms with E-state index in [9.17, 15) is 4.39 Å². The molecule has 0 radical (unpaired) electrons. The first-order valence-electron chi connectivity index (χ1n) is 2.74. The van der Waals surface area contributed by atoms with Crippen LogP contribution in [0, 0.1) is 19.3 Å². The predicted octanol–water partition coefficient (Wildman–Crippen LogP) is 2.08. The van der Waals surface area contributed by atoms with Crippen LogP contribution in [-0.2, 0) is 0 Å². The highest BCUT2D eigenvalue weighted by Crippen LogP contribution is 2.15. The Morgan fingerprint density at radius 3 is 2.90 bits per heavy atom. The Labute approximate surface area is 58.1 Å². The van der Waals surface area contributed by atoms with Gasteiger partial charge in [0.25, 0.3) is 0 Å². The average Bonchev–Trinajstić information content (AvgIpc) is 1.95. The van der Waals surface area contributed by atoms with Crippen molar-refractivity contribution in [3.05, 3.63) is 35.1 Å². The summed E-state index contributed by atoms with van der Waals surface area (Å²) in [5.41, 5.74) is 0.459. The highest BCUT2D eigenvalue weighted by atomic mass is 19.1. The van der Waals surface area contributed by atoms with Gasteiger partial charge in [-0.1, -0.05) is 6.57 Å². The quantitative estimate of drug-likeness (QED) is 0.499. The number of halogens is 1. The van der Waals surface area contributed by atoms with E-state index < -0.39 is 5.82 Å². The van der Waals surface area contributed by atoms with Crippen LogP contribution < -0.4 is 0 Å². The lowest BCUT2D eigenvalue weighted by molar-refractivity contribution is 0.619. The first-order chi connectivity index (χ1) is 4.75. The standard InChI is InChI=1S/C7H5FN2/c1-5-3-4-10-7(9-2)6(5)8/h3-4H,1H3. The first-order valence-corrected chi connectivity index (χ1v) is 2.74. The van der Waals surface area contributed by atoms with Gasteiger partial charge in [0, 0.05) is 0 Å². The Morgan fingerprint density at radius 1 is 1.70 bits per heavy atom. The normalized spacial score (nSPS) is 8.90. The van der Waals surface area contributed by atoms with Crippen molar-refractivity contribution >= 4 is 5.82 Å². The van der Waals surface area contributed by atoms with E-state index in [1.54, 1.807) is 6.92 Å². The molecule has 0 N–H and O–H groups in total. The third kappa shape index (κ3) is 0.960. The molecule has 1 aromatic rings. The number of pyridine rings is 1. The number of aryl methyl sites for hydroxylation is 1. The molecule has 0 saturated carbocycles. The second kappa shape index (κ2) is 2.44. The third-order valence-electron chi connectivity index (χ3n) is 1.17. The van der Waals surface area contributed by atoms with Gasteiger partial charge in [-0.15, -0.1) is 4.98 Å². The Balaban J connectivity index is 3.31. The molecular formula is C7H5FN2. The summed E-state index contributed by atoms with van der Waals surface area (Å²) in [4.78, 5) is 6.42. The van der Waals surface area contributed by atoms with Crippen LogP contribution in [0.15, 0.2) is 12.3 Å². The van der Waals surface area contributed by atoms with Crippen molar-refractivity contribution in [3.63, 3.8) is 0 Å². The summed E-state index contributed by atoms with van der Waals surface area (Å²) < 4.78 is 12.7. The number of hydrogen-bond acceptors (Lipinski definition) is 1. The van der Waals surface area contributed by atoms with E-state index in [1.807, 2.05) is 0 Å². The fourth-order valence-corrected chi connectivity index (χ4v) is 0.604. The van der Waals surface area contributed by atoms with Gasteiger partial charge in [0.2, 0.25) is 0 Å². The zero-order chi connectivity index (χ0) is 7.56. The maximum atomic E-state index is 12.7. The molecule has 0 aliphatic rings. The Kier molecular flexibility index (Phi) is 1.63. The summed E-state index contributed by atoms with van der Waals surface area (Å²) in [5.74, 6) is -0.669. The Hall–Kier alpha value is -1.43. The molecular weight excluding hydrogens is 131 g/mol. The molecule has 3 heteroatoms. The van der Waals surface area contributed by atoms with Gasteiger partial charge in [-0.25, -0.2) is 4.39 Å². The van der Waals surface area contributed by atoms with Crippen LogP contribution in [0.3, 0.4) is 0 Å². The van der Waals surface area contributed by atoms with Gasteiger partial charge in [-0.05, 0) is 18.6 Å². The minimum Gasteiger partial charge on any atom is -0.358 e. The van der Waals surface area contributed by atoms with Crippen molar-refractivity contribution < 1.29 is 4.39 Å². The lowest BCUT2D eigenvalue weighted by Gasteiger charge is -1.93. The summed E-state index contributed by atoms with van der Waals surface area (Å²) in [5, 5.41) is 0. The highest BCUT2D eigenvalue weighted by molar-refractivity contribution is 5.39. The van der Waals surface area contributed by atoms with Crippen molar-refractivity contribution in [3.8, 4) is 0 Å². The van der Waals surface area contributed by atoms with E-state index in [4.69, 9.17) is 6.57 Å². The van der Waals surface area contributed by atoms with E-state index >= 15 is 0 Å². The molecule has 0 aliphatic carbocycles. The maximum Gasteiger partial charge on any atom is 0.305 e. The minimum atomic E-state index is -0.516. The summed E-state index contributed by atoms with van der Waals surface area (Å²) in [6, 6.07) is 1.53. The smallest absolute Gasteiger partial charge is 0.305 e. The van der Waals surface area contributed by atoms with Gasteiger partial charge in [0.1, 0.15) is 6.20 Å². The Bertz CT molecular complexity index is 288. The second-order valence-electron chi connectivity index (χ2n) is 1.88. The lowest BCUT2D eigenvalue weighted by Crippen LogP contribution is -1.83. The molecule has 10 heavy (non-hydrogen) atoms. The van der Waals surface area contributed by atoms with Crippen LogP contribution in [0.5, 0.6) is 0 Å². The number of rotatable bonds is 0. The Morgan fingerprint density at radius 2 is 2.40 bits per heavy atom. The number of aromatic nitrogens is 1. The van der Waals surface area contributed by atoms with Crippen molar-refractivity contribution in [2.45, 2.75) is 6.92 Å². The zero-order valence-corrected chi connectivity index (χ0v) is 5.43. The van der Waals surface area contributed by atoms with Crippen molar-refractivity contribution in [1.82, 2.24) is 4.98 Å².